The molecule has 6 nitrogen and oxygen atoms in total. The average Bonchev–Trinajstić information content (AvgIpc) is 2.93. The molecule has 122 valence electrons. The van der Waals surface area contributed by atoms with Crippen LogP contribution in [0.1, 0.15) is 12.5 Å². The van der Waals surface area contributed by atoms with Crippen molar-refractivity contribution in [3.63, 3.8) is 0 Å². The van der Waals surface area contributed by atoms with Crippen molar-refractivity contribution in [1.82, 2.24) is 9.80 Å². The molecule has 1 aromatic carbocycles. The van der Waals surface area contributed by atoms with Crippen molar-refractivity contribution in [3.8, 4) is 11.5 Å². The summed E-state index contributed by atoms with van der Waals surface area (Å²) < 4.78 is 15.9. The summed E-state index contributed by atoms with van der Waals surface area (Å²) in [6.45, 7) is 3.38. The highest BCUT2D eigenvalue weighted by Gasteiger charge is 2.19. The number of amides is 1. The monoisotopic (exact) mass is 308 g/mol. The Kier molecular flexibility index (Phi) is 5.49. The molecule has 0 saturated carbocycles. The van der Waals surface area contributed by atoms with E-state index < -0.39 is 0 Å². The van der Waals surface area contributed by atoms with E-state index in [9.17, 15) is 4.79 Å². The lowest BCUT2D eigenvalue weighted by Gasteiger charge is -2.24. The van der Waals surface area contributed by atoms with Gasteiger partial charge in [0.15, 0.2) is 11.5 Å². The first kappa shape index (κ1) is 16.4. The van der Waals surface area contributed by atoms with Gasteiger partial charge in [0.2, 0.25) is 6.79 Å². The van der Waals surface area contributed by atoms with E-state index in [1.807, 2.05) is 44.1 Å². The van der Waals surface area contributed by atoms with Crippen LogP contribution in [0.2, 0.25) is 0 Å². The fourth-order valence-corrected chi connectivity index (χ4v) is 2.14. The van der Waals surface area contributed by atoms with Gasteiger partial charge in [0, 0.05) is 19.6 Å². The molecule has 0 saturated heterocycles. The predicted molar refractivity (Wildman–Crippen MR) is 83.4 cm³/mol. The number of carbonyl (C=O) groups is 1. The first-order valence-corrected chi connectivity index (χ1v) is 7.40. The third-order valence-electron chi connectivity index (χ3n) is 3.68. The summed E-state index contributed by atoms with van der Waals surface area (Å²) in [5, 5.41) is 0. The summed E-state index contributed by atoms with van der Waals surface area (Å²) in [4.78, 5) is 15.6. The Labute approximate surface area is 131 Å². The third kappa shape index (κ3) is 4.27. The van der Waals surface area contributed by atoms with Crippen LogP contribution < -0.4 is 9.47 Å². The minimum absolute atomic E-state index is 0.0345. The van der Waals surface area contributed by atoms with Gasteiger partial charge in [-0.3, -0.25) is 0 Å². The van der Waals surface area contributed by atoms with Crippen LogP contribution in [-0.2, 0) is 11.2 Å². The summed E-state index contributed by atoms with van der Waals surface area (Å²) in [7, 11) is 5.65. The SMILES string of the molecule is C[C@@H](Cc1ccc2c(c1)OCO2)N(C)C(=O)OCCN(C)C. The Morgan fingerprint density at radius 2 is 2.00 bits per heavy atom. The number of likely N-dealkylation sites (N-methyl/N-ethyl adjacent to an activating group) is 2. The van der Waals surface area contributed by atoms with Gasteiger partial charge in [-0.1, -0.05) is 6.07 Å². The number of hydrogen-bond donors (Lipinski definition) is 0. The molecule has 22 heavy (non-hydrogen) atoms. The summed E-state index contributed by atoms with van der Waals surface area (Å²) in [6.07, 6.45) is 0.436. The van der Waals surface area contributed by atoms with E-state index in [0.29, 0.717) is 6.61 Å². The number of carbonyl (C=O) groups excluding carboxylic acids is 1. The van der Waals surface area contributed by atoms with Gasteiger partial charge in [-0.15, -0.1) is 0 Å². The highest BCUT2D eigenvalue weighted by atomic mass is 16.7. The first-order chi connectivity index (χ1) is 10.5. The van der Waals surface area contributed by atoms with Crippen molar-refractivity contribution < 1.29 is 19.0 Å². The first-order valence-electron chi connectivity index (χ1n) is 7.40. The molecule has 1 aliphatic heterocycles. The van der Waals surface area contributed by atoms with Crippen molar-refractivity contribution in [3.05, 3.63) is 23.8 Å². The van der Waals surface area contributed by atoms with Gasteiger partial charge in [-0.05, 0) is 45.1 Å². The van der Waals surface area contributed by atoms with Crippen LogP contribution in [0.5, 0.6) is 11.5 Å². The Morgan fingerprint density at radius 1 is 1.27 bits per heavy atom. The second-order valence-corrected chi connectivity index (χ2v) is 5.77. The fourth-order valence-electron chi connectivity index (χ4n) is 2.14. The van der Waals surface area contributed by atoms with Crippen molar-refractivity contribution >= 4 is 6.09 Å². The molecule has 1 heterocycles. The van der Waals surface area contributed by atoms with E-state index in [-0.39, 0.29) is 18.9 Å². The highest BCUT2D eigenvalue weighted by Crippen LogP contribution is 2.32. The molecule has 0 aromatic heterocycles. The fraction of sp³-hybridized carbons (Fsp3) is 0.562. The zero-order chi connectivity index (χ0) is 16.1. The molecule has 0 aliphatic carbocycles. The number of rotatable bonds is 6. The zero-order valence-corrected chi connectivity index (χ0v) is 13.7. The molecule has 1 atom stereocenters. The van der Waals surface area contributed by atoms with Crippen LogP contribution in [0.25, 0.3) is 0 Å². The number of nitrogens with zero attached hydrogens (tertiary/aromatic N) is 2. The molecule has 0 bridgehead atoms. The van der Waals surface area contributed by atoms with Gasteiger partial charge in [0.1, 0.15) is 6.61 Å². The molecule has 1 amide bonds. The molecule has 1 aromatic rings. The average molecular weight is 308 g/mol. The van der Waals surface area contributed by atoms with Crippen molar-refractivity contribution in [1.29, 1.82) is 0 Å². The number of benzene rings is 1. The zero-order valence-electron chi connectivity index (χ0n) is 13.7. The van der Waals surface area contributed by atoms with Gasteiger partial charge >= 0.3 is 6.09 Å². The van der Waals surface area contributed by atoms with Gasteiger partial charge in [-0.2, -0.15) is 0 Å². The van der Waals surface area contributed by atoms with E-state index >= 15 is 0 Å². The van der Waals surface area contributed by atoms with Crippen molar-refractivity contribution in [2.75, 3.05) is 41.1 Å². The Morgan fingerprint density at radius 3 is 2.73 bits per heavy atom. The summed E-state index contributed by atoms with van der Waals surface area (Å²) in [5.74, 6) is 1.54. The quantitative estimate of drug-likeness (QED) is 0.804. The maximum absolute atomic E-state index is 12.0. The molecule has 6 heteroatoms. The second-order valence-electron chi connectivity index (χ2n) is 5.77. The molecule has 0 N–H and O–H groups in total. The molecular formula is C16H24N2O4. The molecule has 0 fully saturated rings. The van der Waals surface area contributed by atoms with Gasteiger partial charge in [-0.25, -0.2) is 4.79 Å². The standard InChI is InChI=1S/C16H24N2O4/c1-12(18(4)16(19)20-8-7-17(2)3)9-13-5-6-14-15(10-13)22-11-21-14/h5-6,10,12H,7-9,11H2,1-4H3/t12-/m0/s1. The maximum atomic E-state index is 12.0. The largest absolute Gasteiger partial charge is 0.454 e. The Hall–Kier alpha value is -1.95. The van der Waals surface area contributed by atoms with Crippen LogP contribution in [0.4, 0.5) is 4.79 Å². The predicted octanol–water partition coefficient (Wildman–Crippen LogP) is 1.98. The molecule has 2 rings (SSSR count). The molecule has 1 aliphatic rings. The Bertz CT molecular complexity index is 519. The minimum Gasteiger partial charge on any atom is -0.454 e. The summed E-state index contributed by atoms with van der Waals surface area (Å²) >= 11 is 0. The number of fused-ring (bicyclic) bond motifs is 1. The number of hydrogen-bond acceptors (Lipinski definition) is 5. The molecule has 0 unspecified atom stereocenters. The van der Waals surface area contributed by atoms with Crippen LogP contribution in [0.15, 0.2) is 18.2 Å². The smallest absolute Gasteiger partial charge is 0.409 e. The summed E-state index contributed by atoms with van der Waals surface area (Å²) in [6, 6.07) is 5.89. The lowest BCUT2D eigenvalue weighted by molar-refractivity contribution is 0.0934. The highest BCUT2D eigenvalue weighted by molar-refractivity contribution is 5.67. The van der Waals surface area contributed by atoms with Crippen molar-refractivity contribution in [2.24, 2.45) is 0 Å². The van der Waals surface area contributed by atoms with E-state index in [1.165, 1.54) is 0 Å². The van der Waals surface area contributed by atoms with Crippen LogP contribution in [0, 0.1) is 0 Å². The Balaban J connectivity index is 1.85. The third-order valence-corrected chi connectivity index (χ3v) is 3.68. The lowest BCUT2D eigenvalue weighted by atomic mass is 10.1. The molecule has 0 spiro atoms. The normalized spacial score (nSPS) is 14.0. The molecular weight excluding hydrogens is 284 g/mol. The molecule has 0 radical (unpaired) electrons. The topological polar surface area (TPSA) is 51.2 Å². The second kappa shape index (κ2) is 7.35. The van der Waals surface area contributed by atoms with Crippen LogP contribution in [0.3, 0.4) is 0 Å². The van der Waals surface area contributed by atoms with Crippen molar-refractivity contribution in [2.45, 2.75) is 19.4 Å². The van der Waals surface area contributed by atoms with Gasteiger partial charge < -0.3 is 24.0 Å². The summed E-state index contributed by atoms with van der Waals surface area (Å²) in [5.41, 5.74) is 1.10. The van der Waals surface area contributed by atoms with Gasteiger partial charge in [0.05, 0.1) is 0 Å². The van der Waals surface area contributed by atoms with E-state index in [4.69, 9.17) is 14.2 Å². The van der Waals surface area contributed by atoms with E-state index in [0.717, 1.165) is 30.0 Å². The van der Waals surface area contributed by atoms with Crippen LogP contribution >= 0.6 is 0 Å². The maximum Gasteiger partial charge on any atom is 0.409 e. The van der Waals surface area contributed by atoms with Gasteiger partial charge in [0.25, 0.3) is 0 Å². The van der Waals surface area contributed by atoms with E-state index in [2.05, 4.69) is 0 Å². The van der Waals surface area contributed by atoms with Crippen LogP contribution in [-0.4, -0.2) is 63.0 Å². The van der Waals surface area contributed by atoms with E-state index in [1.54, 1.807) is 11.9 Å². The lowest BCUT2D eigenvalue weighted by Crippen LogP contribution is -2.37. The minimum atomic E-state index is -0.296. The number of ether oxygens (including phenoxy) is 3.